The number of hydrogen-bond donors (Lipinski definition) is 2. The van der Waals surface area contributed by atoms with Gasteiger partial charge in [0.2, 0.25) is 5.95 Å². The van der Waals surface area contributed by atoms with Crippen molar-refractivity contribution in [2.75, 3.05) is 5.43 Å². The standard InChI is InChI=1S/C17H17ClN6O2/c1-3-4-9-24-13-14(23(2)17(26)21-15(13)25)20-16(24)22-19-10-11-5-7-12(18)8-6-11/h3-8,10H,9H2,1-2H3,(H,20,22)(H,21,25,26)/b4-3+,19-10+. The van der Waals surface area contributed by atoms with Crippen LogP contribution in [-0.4, -0.2) is 25.3 Å². The molecule has 0 saturated carbocycles. The molecule has 2 N–H and O–H groups in total. The smallest absolute Gasteiger partial charge is 0.299 e. The SMILES string of the molecule is C/C=C/Cn1c(N/N=C/c2ccc(Cl)cc2)nc2c1c(=O)[nH]c(=O)n2C. The van der Waals surface area contributed by atoms with Gasteiger partial charge in [0.15, 0.2) is 11.2 Å². The van der Waals surface area contributed by atoms with E-state index in [4.69, 9.17) is 11.6 Å². The number of nitrogens with zero attached hydrogens (tertiary/aromatic N) is 4. The molecule has 1 aromatic carbocycles. The molecule has 0 radical (unpaired) electrons. The van der Waals surface area contributed by atoms with Crippen LogP contribution in [0.15, 0.2) is 51.1 Å². The molecule has 0 bridgehead atoms. The molecule has 2 aromatic heterocycles. The third kappa shape index (κ3) is 3.45. The second-order valence-corrected chi connectivity index (χ2v) is 5.96. The zero-order chi connectivity index (χ0) is 18.7. The van der Waals surface area contributed by atoms with Gasteiger partial charge < -0.3 is 0 Å². The fourth-order valence-electron chi connectivity index (χ4n) is 2.42. The van der Waals surface area contributed by atoms with Gasteiger partial charge in [-0.2, -0.15) is 10.1 Å². The second-order valence-electron chi connectivity index (χ2n) is 5.53. The topological polar surface area (TPSA) is 97.1 Å². The molecule has 0 saturated heterocycles. The third-order valence-corrected chi connectivity index (χ3v) is 4.03. The molecule has 26 heavy (non-hydrogen) atoms. The number of aromatic nitrogens is 4. The molecular formula is C17H17ClN6O2. The van der Waals surface area contributed by atoms with Crippen LogP contribution >= 0.6 is 11.6 Å². The second kappa shape index (κ2) is 7.40. The van der Waals surface area contributed by atoms with Crippen molar-refractivity contribution in [3.05, 3.63) is 67.8 Å². The number of imidazole rings is 1. The Kier molecular flexibility index (Phi) is 5.04. The van der Waals surface area contributed by atoms with Gasteiger partial charge in [-0.15, -0.1) is 0 Å². The predicted octanol–water partition coefficient (Wildman–Crippen LogP) is 2.10. The highest BCUT2D eigenvalue weighted by atomic mass is 35.5. The number of aromatic amines is 1. The van der Waals surface area contributed by atoms with Crippen LogP contribution in [0.2, 0.25) is 5.02 Å². The van der Waals surface area contributed by atoms with Crippen molar-refractivity contribution in [3.8, 4) is 0 Å². The van der Waals surface area contributed by atoms with Crippen LogP contribution in [0.4, 0.5) is 5.95 Å². The summed E-state index contributed by atoms with van der Waals surface area (Å²) in [6, 6.07) is 7.18. The zero-order valence-corrected chi connectivity index (χ0v) is 15.0. The molecule has 0 aliphatic rings. The van der Waals surface area contributed by atoms with Gasteiger partial charge in [0, 0.05) is 18.6 Å². The Morgan fingerprint density at radius 1 is 1.31 bits per heavy atom. The van der Waals surface area contributed by atoms with Crippen LogP contribution in [0.5, 0.6) is 0 Å². The summed E-state index contributed by atoms with van der Waals surface area (Å²) in [6.07, 6.45) is 5.35. The summed E-state index contributed by atoms with van der Waals surface area (Å²) in [5.74, 6) is 0.356. The van der Waals surface area contributed by atoms with Gasteiger partial charge in [0.25, 0.3) is 5.56 Å². The molecule has 9 heteroatoms. The number of nitrogens with one attached hydrogen (secondary N) is 2. The molecule has 0 spiro atoms. The van der Waals surface area contributed by atoms with Crippen molar-refractivity contribution >= 4 is 34.9 Å². The highest BCUT2D eigenvalue weighted by molar-refractivity contribution is 6.30. The Labute approximate surface area is 153 Å². The first-order valence-corrected chi connectivity index (χ1v) is 8.24. The van der Waals surface area contributed by atoms with E-state index in [1.54, 1.807) is 30.0 Å². The molecule has 0 unspecified atom stereocenters. The first-order chi connectivity index (χ1) is 12.5. The third-order valence-electron chi connectivity index (χ3n) is 3.78. The Morgan fingerprint density at radius 3 is 2.73 bits per heavy atom. The number of aryl methyl sites for hydroxylation is 1. The molecule has 3 rings (SSSR count). The van der Waals surface area contributed by atoms with Crippen LogP contribution in [0.1, 0.15) is 12.5 Å². The maximum atomic E-state index is 12.2. The molecule has 2 heterocycles. The monoisotopic (exact) mass is 372 g/mol. The van der Waals surface area contributed by atoms with Crippen molar-refractivity contribution in [1.82, 2.24) is 19.1 Å². The zero-order valence-electron chi connectivity index (χ0n) is 14.2. The van der Waals surface area contributed by atoms with Gasteiger partial charge in [0.1, 0.15) is 0 Å². The lowest BCUT2D eigenvalue weighted by atomic mass is 10.2. The van der Waals surface area contributed by atoms with E-state index in [2.05, 4.69) is 20.5 Å². The maximum absolute atomic E-state index is 12.2. The molecule has 0 amide bonds. The Balaban J connectivity index is 2.02. The van der Waals surface area contributed by atoms with E-state index < -0.39 is 11.2 Å². The van der Waals surface area contributed by atoms with Crippen molar-refractivity contribution < 1.29 is 0 Å². The van der Waals surface area contributed by atoms with Gasteiger partial charge >= 0.3 is 5.69 Å². The van der Waals surface area contributed by atoms with E-state index in [0.29, 0.717) is 23.0 Å². The van der Waals surface area contributed by atoms with Gasteiger partial charge in [-0.1, -0.05) is 35.9 Å². The summed E-state index contributed by atoms with van der Waals surface area (Å²) in [5, 5.41) is 4.80. The number of anilines is 1. The van der Waals surface area contributed by atoms with E-state index in [0.717, 1.165) is 5.56 Å². The Hall–Kier alpha value is -3.13. The Morgan fingerprint density at radius 2 is 2.04 bits per heavy atom. The fourth-order valence-corrected chi connectivity index (χ4v) is 2.55. The van der Waals surface area contributed by atoms with E-state index in [1.807, 2.05) is 31.2 Å². The summed E-state index contributed by atoms with van der Waals surface area (Å²) < 4.78 is 2.95. The number of rotatable bonds is 5. The van der Waals surface area contributed by atoms with E-state index >= 15 is 0 Å². The first kappa shape index (κ1) is 17.7. The normalized spacial score (nSPS) is 11.8. The maximum Gasteiger partial charge on any atom is 0.329 e. The summed E-state index contributed by atoms with van der Waals surface area (Å²) >= 11 is 5.86. The molecular weight excluding hydrogens is 356 g/mol. The average Bonchev–Trinajstić information content (AvgIpc) is 2.99. The number of allylic oxidation sites excluding steroid dienone is 2. The number of halogens is 1. The van der Waals surface area contributed by atoms with Crippen LogP contribution in [-0.2, 0) is 13.6 Å². The average molecular weight is 373 g/mol. The van der Waals surface area contributed by atoms with Gasteiger partial charge in [-0.05, 0) is 24.6 Å². The van der Waals surface area contributed by atoms with Crippen LogP contribution < -0.4 is 16.7 Å². The molecule has 0 fully saturated rings. The summed E-state index contributed by atoms with van der Waals surface area (Å²) in [7, 11) is 1.55. The fraction of sp³-hybridized carbons (Fsp3) is 0.176. The molecule has 0 aliphatic carbocycles. The van der Waals surface area contributed by atoms with E-state index in [1.165, 1.54) is 4.57 Å². The lowest BCUT2D eigenvalue weighted by molar-refractivity contribution is 0.818. The predicted molar refractivity (Wildman–Crippen MR) is 103 cm³/mol. The summed E-state index contributed by atoms with van der Waals surface area (Å²) in [4.78, 5) is 30.7. The molecule has 3 aromatic rings. The van der Waals surface area contributed by atoms with Crippen LogP contribution in [0.3, 0.4) is 0 Å². The van der Waals surface area contributed by atoms with Crippen molar-refractivity contribution in [2.45, 2.75) is 13.5 Å². The highest BCUT2D eigenvalue weighted by Crippen LogP contribution is 2.15. The first-order valence-electron chi connectivity index (χ1n) is 7.86. The van der Waals surface area contributed by atoms with E-state index in [-0.39, 0.29) is 5.65 Å². The number of H-pyrrole nitrogens is 1. The Bertz CT molecular complexity index is 1110. The minimum atomic E-state index is -0.519. The van der Waals surface area contributed by atoms with E-state index in [9.17, 15) is 9.59 Å². The van der Waals surface area contributed by atoms with Crippen molar-refractivity contribution in [2.24, 2.45) is 12.1 Å². The van der Waals surface area contributed by atoms with Crippen LogP contribution in [0, 0.1) is 0 Å². The van der Waals surface area contributed by atoms with Gasteiger partial charge in [0.05, 0.1) is 6.21 Å². The molecule has 8 nitrogen and oxygen atoms in total. The summed E-state index contributed by atoms with van der Waals surface area (Å²) in [5.41, 5.74) is 3.26. The van der Waals surface area contributed by atoms with Gasteiger partial charge in [-0.25, -0.2) is 10.2 Å². The molecule has 0 aliphatic heterocycles. The number of fused-ring (bicyclic) bond motifs is 1. The number of hydrogen-bond acceptors (Lipinski definition) is 5. The van der Waals surface area contributed by atoms with Crippen molar-refractivity contribution in [1.29, 1.82) is 0 Å². The number of hydrazone groups is 1. The largest absolute Gasteiger partial charge is 0.329 e. The number of benzene rings is 1. The van der Waals surface area contributed by atoms with Crippen LogP contribution in [0.25, 0.3) is 11.2 Å². The van der Waals surface area contributed by atoms with Gasteiger partial charge in [-0.3, -0.25) is 18.9 Å². The summed E-state index contributed by atoms with van der Waals surface area (Å²) in [6.45, 7) is 2.29. The minimum Gasteiger partial charge on any atom is -0.299 e. The highest BCUT2D eigenvalue weighted by Gasteiger charge is 2.16. The molecule has 0 atom stereocenters. The van der Waals surface area contributed by atoms with Crippen molar-refractivity contribution in [3.63, 3.8) is 0 Å². The minimum absolute atomic E-state index is 0.285. The lowest BCUT2D eigenvalue weighted by Crippen LogP contribution is -2.29. The quantitative estimate of drug-likeness (QED) is 0.407. The lowest BCUT2D eigenvalue weighted by Gasteiger charge is -2.04. The molecule has 134 valence electrons.